The molecule has 2 rings (SSSR count). The van der Waals surface area contributed by atoms with Crippen molar-refractivity contribution in [3.05, 3.63) is 33.9 Å². The van der Waals surface area contributed by atoms with Gasteiger partial charge in [0.1, 0.15) is 0 Å². The summed E-state index contributed by atoms with van der Waals surface area (Å²) in [7, 11) is 2.04. The normalized spacial score (nSPS) is 19.3. The molecular weight excluding hydrogens is 218 g/mol. The van der Waals surface area contributed by atoms with Crippen molar-refractivity contribution in [3.8, 4) is 0 Å². The Hall–Kier alpha value is -1.62. The summed E-state index contributed by atoms with van der Waals surface area (Å²) in [6.07, 6.45) is 1.12. The van der Waals surface area contributed by atoms with Gasteiger partial charge >= 0.3 is 0 Å². The first kappa shape index (κ1) is 11.9. The molecule has 0 saturated carbocycles. The molecule has 1 unspecified atom stereocenters. The molecule has 1 atom stereocenters. The van der Waals surface area contributed by atoms with E-state index in [1.807, 2.05) is 19.2 Å². The van der Waals surface area contributed by atoms with Crippen LogP contribution in [0.3, 0.4) is 0 Å². The topological polar surface area (TPSA) is 58.4 Å². The summed E-state index contributed by atoms with van der Waals surface area (Å²) < 4.78 is 0. The van der Waals surface area contributed by atoms with E-state index in [1.54, 1.807) is 13.0 Å². The third kappa shape index (κ3) is 2.39. The monoisotopic (exact) mass is 235 g/mol. The van der Waals surface area contributed by atoms with Crippen molar-refractivity contribution in [2.45, 2.75) is 19.4 Å². The van der Waals surface area contributed by atoms with E-state index in [0.717, 1.165) is 25.2 Å². The van der Waals surface area contributed by atoms with Crippen molar-refractivity contribution in [2.24, 2.45) is 0 Å². The Morgan fingerprint density at radius 2 is 2.29 bits per heavy atom. The van der Waals surface area contributed by atoms with Gasteiger partial charge in [0.05, 0.1) is 4.92 Å². The van der Waals surface area contributed by atoms with Gasteiger partial charge < -0.3 is 10.2 Å². The van der Waals surface area contributed by atoms with Crippen molar-refractivity contribution >= 4 is 11.4 Å². The predicted molar refractivity (Wildman–Crippen MR) is 67.5 cm³/mol. The summed E-state index contributed by atoms with van der Waals surface area (Å²) in [5.41, 5.74) is 1.94. The van der Waals surface area contributed by atoms with Crippen molar-refractivity contribution in [3.63, 3.8) is 0 Å². The lowest BCUT2D eigenvalue weighted by atomic mass is 10.1. The second-order valence-corrected chi connectivity index (χ2v) is 4.49. The van der Waals surface area contributed by atoms with Gasteiger partial charge in [-0.25, -0.2) is 0 Å². The van der Waals surface area contributed by atoms with Gasteiger partial charge in [-0.2, -0.15) is 0 Å². The maximum Gasteiger partial charge on any atom is 0.272 e. The highest BCUT2D eigenvalue weighted by Gasteiger charge is 2.20. The summed E-state index contributed by atoms with van der Waals surface area (Å²) in [5.74, 6) is 0. The van der Waals surface area contributed by atoms with E-state index in [2.05, 4.69) is 10.2 Å². The summed E-state index contributed by atoms with van der Waals surface area (Å²) in [5, 5.41) is 14.1. The molecule has 0 radical (unpaired) electrons. The van der Waals surface area contributed by atoms with Crippen LogP contribution in [-0.2, 0) is 0 Å². The van der Waals surface area contributed by atoms with Crippen molar-refractivity contribution in [1.29, 1.82) is 0 Å². The quantitative estimate of drug-likeness (QED) is 0.640. The Morgan fingerprint density at radius 3 is 2.82 bits per heavy atom. The fraction of sp³-hybridized carbons (Fsp3) is 0.500. The zero-order chi connectivity index (χ0) is 12.4. The molecule has 0 aliphatic carbocycles. The number of rotatable bonds is 3. The standard InChI is InChI=1S/C12H17N3O2/c1-9-7-10(3-4-12(9)15(16)17)14(2)11-5-6-13-8-11/h3-4,7,11,13H,5-6,8H2,1-2H3. The lowest BCUT2D eigenvalue weighted by molar-refractivity contribution is -0.385. The van der Waals surface area contributed by atoms with E-state index < -0.39 is 0 Å². The van der Waals surface area contributed by atoms with Gasteiger partial charge in [0.15, 0.2) is 0 Å². The van der Waals surface area contributed by atoms with Crippen LogP contribution < -0.4 is 10.2 Å². The predicted octanol–water partition coefficient (Wildman–Crippen LogP) is 1.70. The molecule has 92 valence electrons. The average Bonchev–Trinajstić information content (AvgIpc) is 2.80. The molecule has 0 bridgehead atoms. The molecule has 1 aromatic rings. The van der Waals surface area contributed by atoms with Gasteiger partial charge in [-0.1, -0.05) is 0 Å². The van der Waals surface area contributed by atoms with Crippen molar-refractivity contribution in [1.82, 2.24) is 5.32 Å². The van der Waals surface area contributed by atoms with Gasteiger partial charge in [0, 0.05) is 37.0 Å². The van der Waals surface area contributed by atoms with E-state index in [0.29, 0.717) is 11.6 Å². The number of hydrogen-bond acceptors (Lipinski definition) is 4. The molecule has 5 heteroatoms. The molecule has 0 amide bonds. The van der Waals surface area contributed by atoms with Crippen LogP contribution in [0.15, 0.2) is 18.2 Å². The lowest BCUT2D eigenvalue weighted by Gasteiger charge is -2.26. The first-order valence-corrected chi connectivity index (χ1v) is 5.78. The minimum atomic E-state index is -0.337. The molecule has 0 spiro atoms. The largest absolute Gasteiger partial charge is 0.370 e. The van der Waals surface area contributed by atoms with Crippen molar-refractivity contribution in [2.75, 3.05) is 25.0 Å². The Balaban J connectivity index is 2.21. The number of nitro benzene ring substituents is 1. The molecule has 1 heterocycles. The number of anilines is 1. The highest BCUT2D eigenvalue weighted by atomic mass is 16.6. The number of nitrogens with zero attached hydrogens (tertiary/aromatic N) is 2. The number of aryl methyl sites for hydroxylation is 1. The van der Waals surface area contributed by atoms with E-state index in [4.69, 9.17) is 0 Å². The summed E-state index contributed by atoms with van der Waals surface area (Å²) in [6, 6.07) is 5.78. The average molecular weight is 235 g/mol. The number of nitro groups is 1. The zero-order valence-corrected chi connectivity index (χ0v) is 10.1. The van der Waals surface area contributed by atoms with Crippen LogP contribution in [0.2, 0.25) is 0 Å². The molecule has 1 N–H and O–H groups in total. The Morgan fingerprint density at radius 1 is 1.53 bits per heavy atom. The Bertz CT molecular complexity index is 428. The van der Waals surface area contributed by atoms with Crippen LogP contribution in [0.4, 0.5) is 11.4 Å². The molecule has 1 aliphatic rings. The summed E-state index contributed by atoms with van der Waals surface area (Å²) >= 11 is 0. The highest BCUT2D eigenvalue weighted by Crippen LogP contribution is 2.25. The van der Waals surface area contributed by atoms with E-state index in [9.17, 15) is 10.1 Å². The zero-order valence-electron chi connectivity index (χ0n) is 10.1. The third-order valence-electron chi connectivity index (χ3n) is 3.37. The van der Waals surface area contributed by atoms with E-state index in [1.165, 1.54) is 0 Å². The number of benzene rings is 1. The number of likely N-dealkylation sites (N-methyl/N-ethyl adjacent to an activating group) is 1. The molecular formula is C12H17N3O2. The highest BCUT2D eigenvalue weighted by molar-refractivity contribution is 5.55. The minimum absolute atomic E-state index is 0.187. The van der Waals surface area contributed by atoms with Crippen LogP contribution in [0.1, 0.15) is 12.0 Å². The van der Waals surface area contributed by atoms with Crippen LogP contribution in [0, 0.1) is 17.0 Å². The van der Waals surface area contributed by atoms with Gasteiger partial charge in [0.2, 0.25) is 0 Å². The van der Waals surface area contributed by atoms with Crippen LogP contribution in [0.5, 0.6) is 0 Å². The van der Waals surface area contributed by atoms with Gasteiger partial charge in [-0.05, 0) is 32.0 Å². The Kier molecular flexibility index (Phi) is 3.28. The molecule has 1 aromatic carbocycles. The maximum absolute atomic E-state index is 10.7. The minimum Gasteiger partial charge on any atom is -0.370 e. The van der Waals surface area contributed by atoms with Crippen molar-refractivity contribution < 1.29 is 4.92 Å². The van der Waals surface area contributed by atoms with Crippen LogP contribution in [0.25, 0.3) is 0 Å². The smallest absolute Gasteiger partial charge is 0.272 e. The third-order valence-corrected chi connectivity index (χ3v) is 3.37. The maximum atomic E-state index is 10.7. The fourth-order valence-electron chi connectivity index (χ4n) is 2.24. The number of nitrogens with one attached hydrogen (secondary N) is 1. The first-order valence-electron chi connectivity index (χ1n) is 5.78. The Labute approximate surface area is 101 Å². The van der Waals surface area contributed by atoms with Gasteiger partial charge in [-0.3, -0.25) is 10.1 Å². The molecule has 1 saturated heterocycles. The van der Waals surface area contributed by atoms with E-state index in [-0.39, 0.29) is 10.6 Å². The lowest BCUT2D eigenvalue weighted by Crippen LogP contribution is -2.33. The molecule has 1 aliphatic heterocycles. The second kappa shape index (κ2) is 4.71. The summed E-state index contributed by atoms with van der Waals surface area (Å²) in [4.78, 5) is 12.6. The first-order chi connectivity index (χ1) is 8.09. The second-order valence-electron chi connectivity index (χ2n) is 4.49. The van der Waals surface area contributed by atoms with Gasteiger partial charge in [-0.15, -0.1) is 0 Å². The summed E-state index contributed by atoms with van der Waals surface area (Å²) in [6.45, 7) is 3.80. The molecule has 0 aromatic heterocycles. The molecule has 1 fully saturated rings. The molecule has 5 nitrogen and oxygen atoms in total. The molecule has 17 heavy (non-hydrogen) atoms. The van der Waals surface area contributed by atoms with Crippen LogP contribution >= 0.6 is 0 Å². The van der Waals surface area contributed by atoms with Crippen LogP contribution in [-0.4, -0.2) is 31.1 Å². The SMILES string of the molecule is Cc1cc(N(C)C2CCNC2)ccc1[N+](=O)[O-]. The fourth-order valence-corrected chi connectivity index (χ4v) is 2.24. The van der Waals surface area contributed by atoms with Gasteiger partial charge in [0.25, 0.3) is 5.69 Å². The van der Waals surface area contributed by atoms with E-state index >= 15 is 0 Å². The number of hydrogen-bond donors (Lipinski definition) is 1.